The van der Waals surface area contributed by atoms with Gasteiger partial charge in [-0.05, 0) is 44.5 Å². The maximum absolute atomic E-state index is 12.6. The third kappa shape index (κ3) is 5.73. The van der Waals surface area contributed by atoms with Crippen molar-refractivity contribution < 1.29 is 19.4 Å². The molecule has 0 aliphatic carbocycles. The first kappa shape index (κ1) is 17.5. The Kier molecular flexibility index (Phi) is 7.79. The van der Waals surface area contributed by atoms with Crippen LogP contribution in [-0.4, -0.2) is 55.4 Å². The highest BCUT2D eigenvalue weighted by atomic mass is 16.5. The molecule has 118 valence electrons. The Morgan fingerprint density at radius 3 is 2.19 bits per heavy atom. The van der Waals surface area contributed by atoms with Crippen LogP contribution in [-0.2, 0) is 9.47 Å². The van der Waals surface area contributed by atoms with Gasteiger partial charge in [0.15, 0.2) is 0 Å². The minimum absolute atomic E-state index is 0.0630. The summed E-state index contributed by atoms with van der Waals surface area (Å²) in [6.07, 6.45) is 0. The number of amides is 1. The molecule has 1 rings (SSSR count). The molecule has 1 N–H and O–H groups in total. The summed E-state index contributed by atoms with van der Waals surface area (Å²) >= 11 is 0. The van der Waals surface area contributed by atoms with E-state index in [1.54, 1.807) is 17.0 Å². The van der Waals surface area contributed by atoms with Gasteiger partial charge in [0, 0.05) is 31.9 Å². The molecule has 1 amide bonds. The summed E-state index contributed by atoms with van der Waals surface area (Å²) in [5.41, 5.74) is 1.36. The lowest BCUT2D eigenvalue weighted by Gasteiger charge is -2.23. The number of nitrogens with zero attached hydrogens (tertiary/aromatic N) is 1. The van der Waals surface area contributed by atoms with Gasteiger partial charge in [-0.1, -0.05) is 0 Å². The molecule has 0 saturated carbocycles. The van der Waals surface area contributed by atoms with Crippen molar-refractivity contribution in [1.82, 2.24) is 4.90 Å². The second-order valence-corrected chi connectivity index (χ2v) is 4.69. The minimum atomic E-state index is -0.0630. The highest BCUT2D eigenvalue weighted by molar-refractivity contribution is 5.95. The van der Waals surface area contributed by atoms with Crippen molar-refractivity contribution in [2.75, 3.05) is 39.5 Å². The molecule has 0 fully saturated rings. The SMILES string of the molecule is CCOCCN(CCOCC)C(=O)c1ccc(O)cc1C. The first-order valence-corrected chi connectivity index (χ1v) is 7.34. The van der Waals surface area contributed by atoms with E-state index >= 15 is 0 Å². The summed E-state index contributed by atoms with van der Waals surface area (Å²) in [5.74, 6) is 0.103. The van der Waals surface area contributed by atoms with Gasteiger partial charge in [0.25, 0.3) is 5.91 Å². The number of phenolic OH excluding ortho intramolecular Hbond substituents is 1. The molecule has 0 heterocycles. The van der Waals surface area contributed by atoms with Crippen LogP contribution in [0.15, 0.2) is 18.2 Å². The fraction of sp³-hybridized carbons (Fsp3) is 0.562. The maximum Gasteiger partial charge on any atom is 0.254 e. The highest BCUT2D eigenvalue weighted by Crippen LogP contribution is 2.17. The molecule has 0 spiro atoms. The first-order valence-electron chi connectivity index (χ1n) is 7.34. The molecule has 0 atom stereocenters. The largest absolute Gasteiger partial charge is 0.508 e. The number of benzene rings is 1. The van der Waals surface area contributed by atoms with Crippen LogP contribution in [0.25, 0.3) is 0 Å². The van der Waals surface area contributed by atoms with E-state index in [2.05, 4.69) is 0 Å². The zero-order valence-corrected chi connectivity index (χ0v) is 13.1. The lowest BCUT2D eigenvalue weighted by atomic mass is 10.1. The fourth-order valence-electron chi connectivity index (χ4n) is 2.01. The van der Waals surface area contributed by atoms with Crippen LogP contribution in [0.4, 0.5) is 0 Å². The van der Waals surface area contributed by atoms with Gasteiger partial charge in [0.1, 0.15) is 5.75 Å². The maximum atomic E-state index is 12.6. The molecule has 5 nitrogen and oxygen atoms in total. The van der Waals surface area contributed by atoms with Crippen LogP contribution in [0.5, 0.6) is 5.75 Å². The number of carbonyl (C=O) groups is 1. The average molecular weight is 295 g/mol. The summed E-state index contributed by atoms with van der Waals surface area (Å²) < 4.78 is 10.7. The molecule has 0 aliphatic heterocycles. The second kappa shape index (κ2) is 9.37. The van der Waals surface area contributed by atoms with Crippen LogP contribution in [0, 0.1) is 6.92 Å². The van der Waals surface area contributed by atoms with E-state index in [1.165, 1.54) is 6.07 Å². The van der Waals surface area contributed by atoms with Crippen LogP contribution in [0.3, 0.4) is 0 Å². The highest BCUT2D eigenvalue weighted by Gasteiger charge is 2.17. The summed E-state index contributed by atoms with van der Waals surface area (Å²) in [6.45, 7) is 9.00. The van der Waals surface area contributed by atoms with E-state index in [4.69, 9.17) is 9.47 Å². The summed E-state index contributed by atoms with van der Waals surface area (Å²) in [6, 6.07) is 4.78. The molecule has 21 heavy (non-hydrogen) atoms. The molecule has 0 bridgehead atoms. The smallest absolute Gasteiger partial charge is 0.254 e. The number of ether oxygens (including phenoxy) is 2. The van der Waals surface area contributed by atoms with Gasteiger partial charge >= 0.3 is 0 Å². The Balaban J connectivity index is 2.76. The van der Waals surface area contributed by atoms with Gasteiger partial charge in [-0.2, -0.15) is 0 Å². The van der Waals surface area contributed by atoms with Crippen LogP contribution in [0.1, 0.15) is 29.8 Å². The molecule has 0 aromatic heterocycles. The van der Waals surface area contributed by atoms with Crippen LogP contribution >= 0.6 is 0 Å². The molecule has 0 unspecified atom stereocenters. The topological polar surface area (TPSA) is 59.0 Å². The van der Waals surface area contributed by atoms with Gasteiger partial charge in [-0.25, -0.2) is 0 Å². The van der Waals surface area contributed by atoms with Crippen molar-refractivity contribution >= 4 is 5.91 Å². The predicted octanol–water partition coefficient (Wildman–Crippen LogP) is 2.22. The molecule has 5 heteroatoms. The van der Waals surface area contributed by atoms with E-state index < -0.39 is 0 Å². The monoisotopic (exact) mass is 295 g/mol. The molecular weight excluding hydrogens is 270 g/mol. The predicted molar refractivity (Wildman–Crippen MR) is 81.7 cm³/mol. The zero-order valence-electron chi connectivity index (χ0n) is 13.1. The normalized spacial score (nSPS) is 10.6. The molecule has 0 radical (unpaired) electrons. The number of aryl methyl sites for hydroxylation is 1. The second-order valence-electron chi connectivity index (χ2n) is 4.69. The van der Waals surface area contributed by atoms with Gasteiger partial charge < -0.3 is 19.5 Å². The number of hydrogen-bond acceptors (Lipinski definition) is 4. The quantitative estimate of drug-likeness (QED) is 0.710. The van der Waals surface area contributed by atoms with Crippen molar-refractivity contribution in [3.8, 4) is 5.75 Å². The Labute approximate surface area is 126 Å². The Morgan fingerprint density at radius 2 is 1.71 bits per heavy atom. The van der Waals surface area contributed by atoms with Gasteiger partial charge in [-0.15, -0.1) is 0 Å². The van der Waals surface area contributed by atoms with E-state index in [-0.39, 0.29) is 11.7 Å². The third-order valence-electron chi connectivity index (χ3n) is 3.15. The standard InChI is InChI=1S/C16H25NO4/c1-4-20-10-8-17(9-11-21-5-2)16(19)15-7-6-14(18)12-13(15)3/h6-7,12,18H,4-5,8-11H2,1-3H3. The van der Waals surface area contributed by atoms with Crippen molar-refractivity contribution in [2.45, 2.75) is 20.8 Å². The number of hydrogen-bond donors (Lipinski definition) is 1. The molecule has 1 aromatic rings. The van der Waals surface area contributed by atoms with Crippen molar-refractivity contribution in [3.63, 3.8) is 0 Å². The van der Waals surface area contributed by atoms with Gasteiger partial charge in [0.05, 0.1) is 13.2 Å². The van der Waals surface area contributed by atoms with Crippen LogP contribution < -0.4 is 0 Å². The average Bonchev–Trinajstić information content (AvgIpc) is 2.45. The van der Waals surface area contributed by atoms with Crippen molar-refractivity contribution in [2.24, 2.45) is 0 Å². The van der Waals surface area contributed by atoms with E-state index in [1.807, 2.05) is 20.8 Å². The van der Waals surface area contributed by atoms with Crippen molar-refractivity contribution in [3.05, 3.63) is 29.3 Å². The Morgan fingerprint density at radius 1 is 1.14 bits per heavy atom. The Bertz CT molecular complexity index is 438. The number of carbonyl (C=O) groups excluding carboxylic acids is 1. The van der Waals surface area contributed by atoms with Gasteiger partial charge in [0.2, 0.25) is 0 Å². The zero-order chi connectivity index (χ0) is 15.7. The van der Waals surface area contributed by atoms with E-state index in [0.717, 1.165) is 5.56 Å². The van der Waals surface area contributed by atoms with E-state index in [9.17, 15) is 9.90 Å². The number of aromatic hydroxyl groups is 1. The first-order chi connectivity index (χ1) is 10.1. The summed E-state index contributed by atoms with van der Waals surface area (Å²) in [5, 5.41) is 9.44. The van der Waals surface area contributed by atoms with Gasteiger partial charge in [-0.3, -0.25) is 4.79 Å². The van der Waals surface area contributed by atoms with Crippen molar-refractivity contribution in [1.29, 1.82) is 0 Å². The lowest BCUT2D eigenvalue weighted by Crippen LogP contribution is -2.37. The molecular formula is C16H25NO4. The third-order valence-corrected chi connectivity index (χ3v) is 3.15. The summed E-state index contributed by atoms with van der Waals surface area (Å²) in [4.78, 5) is 14.3. The minimum Gasteiger partial charge on any atom is -0.508 e. The van der Waals surface area contributed by atoms with Crippen LogP contribution in [0.2, 0.25) is 0 Å². The number of rotatable bonds is 9. The fourth-order valence-corrected chi connectivity index (χ4v) is 2.01. The van der Waals surface area contributed by atoms with E-state index in [0.29, 0.717) is 45.1 Å². The number of phenols is 1. The Hall–Kier alpha value is -1.59. The molecule has 0 aliphatic rings. The molecule has 1 aromatic carbocycles. The summed E-state index contributed by atoms with van der Waals surface area (Å²) in [7, 11) is 0. The lowest BCUT2D eigenvalue weighted by molar-refractivity contribution is 0.0549. The molecule has 0 saturated heterocycles.